The molecule has 102 valence electrons. The summed E-state index contributed by atoms with van der Waals surface area (Å²) in [5, 5.41) is 5.13. The van der Waals surface area contributed by atoms with Gasteiger partial charge in [0.15, 0.2) is 0 Å². The molecular formula is C13H22ClN3O. The number of nitrogens with zero attached hydrogens (tertiary/aromatic N) is 2. The van der Waals surface area contributed by atoms with Gasteiger partial charge in [0.05, 0.1) is 29.1 Å². The molecular weight excluding hydrogens is 250 g/mol. The Morgan fingerprint density at radius 1 is 1.44 bits per heavy atom. The second kappa shape index (κ2) is 6.04. The van der Waals surface area contributed by atoms with Crippen LogP contribution in [-0.2, 0) is 24.8 Å². The van der Waals surface area contributed by atoms with Crippen molar-refractivity contribution in [3.63, 3.8) is 0 Å². The lowest BCUT2D eigenvalue weighted by atomic mass is 9.93. The van der Waals surface area contributed by atoms with Crippen molar-refractivity contribution in [3.05, 3.63) is 16.4 Å². The monoisotopic (exact) mass is 271 g/mol. The van der Waals surface area contributed by atoms with E-state index in [2.05, 4.69) is 12.0 Å². The molecule has 2 rings (SSSR count). The minimum absolute atomic E-state index is 0.162. The number of hydrogen-bond acceptors (Lipinski definition) is 3. The Bertz CT molecular complexity index is 405. The lowest BCUT2D eigenvalue weighted by molar-refractivity contribution is 0.00136. The van der Waals surface area contributed by atoms with E-state index in [1.54, 1.807) is 0 Å². The molecule has 0 spiro atoms. The normalized spacial score (nSPS) is 24.4. The average Bonchev–Trinajstić information content (AvgIpc) is 2.64. The van der Waals surface area contributed by atoms with Crippen molar-refractivity contribution in [2.24, 2.45) is 12.8 Å². The van der Waals surface area contributed by atoms with Crippen LogP contribution in [0.2, 0.25) is 5.02 Å². The van der Waals surface area contributed by atoms with Crippen molar-refractivity contribution in [2.75, 3.05) is 0 Å². The van der Waals surface area contributed by atoms with E-state index in [1.807, 2.05) is 11.7 Å². The Labute approximate surface area is 113 Å². The third-order valence-electron chi connectivity index (χ3n) is 3.69. The van der Waals surface area contributed by atoms with Gasteiger partial charge >= 0.3 is 0 Å². The Balaban J connectivity index is 1.99. The van der Waals surface area contributed by atoms with Crippen molar-refractivity contribution in [3.8, 4) is 0 Å². The summed E-state index contributed by atoms with van der Waals surface area (Å²) >= 11 is 6.29. The number of rotatable bonds is 4. The lowest BCUT2D eigenvalue weighted by Gasteiger charge is -2.28. The van der Waals surface area contributed by atoms with Crippen LogP contribution in [0.3, 0.4) is 0 Å². The maximum atomic E-state index is 6.29. The first-order chi connectivity index (χ1) is 8.63. The van der Waals surface area contributed by atoms with Crippen LogP contribution < -0.4 is 5.73 Å². The second-order valence-electron chi connectivity index (χ2n) is 4.98. The minimum Gasteiger partial charge on any atom is -0.370 e. The first-order valence-electron chi connectivity index (χ1n) is 6.71. The van der Waals surface area contributed by atoms with Crippen LogP contribution in [0.1, 0.15) is 44.0 Å². The zero-order chi connectivity index (χ0) is 13.1. The van der Waals surface area contributed by atoms with E-state index in [0.717, 1.165) is 35.7 Å². The van der Waals surface area contributed by atoms with Crippen LogP contribution in [0.15, 0.2) is 0 Å². The van der Waals surface area contributed by atoms with E-state index in [4.69, 9.17) is 22.1 Å². The highest BCUT2D eigenvalue weighted by atomic mass is 35.5. The number of aromatic nitrogens is 2. The van der Waals surface area contributed by atoms with Crippen LogP contribution in [0.25, 0.3) is 0 Å². The Morgan fingerprint density at radius 2 is 2.17 bits per heavy atom. The summed E-state index contributed by atoms with van der Waals surface area (Å²) in [6.45, 7) is 2.55. The predicted octanol–water partition coefficient (Wildman–Crippen LogP) is 2.42. The van der Waals surface area contributed by atoms with Crippen molar-refractivity contribution in [1.29, 1.82) is 0 Å². The highest BCUT2D eigenvalue weighted by Gasteiger charge is 2.23. The molecule has 2 N–H and O–H groups in total. The molecule has 1 aliphatic carbocycles. The molecule has 0 saturated heterocycles. The van der Waals surface area contributed by atoms with Gasteiger partial charge in [-0.25, -0.2) is 0 Å². The third kappa shape index (κ3) is 2.87. The Kier molecular flexibility index (Phi) is 4.65. The molecule has 1 aromatic heterocycles. The van der Waals surface area contributed by atoms with Crippen molar-refractivity contribution in [2.45, 2.75) is 57.8 Å². The van der Waals surface area contributed by atoms with Crippen LogP contribution in [0.4, 0.5) is 0 Å². The van der Waals surface area contributed by atoms with Crippen LogP contribution in [-0.4, -0.2) is 21.9 Å². The molecule has 1 aliphatic rings. The highest BCUT2D eigenvalue weighted by Crippen LogP contribution is 2.25. The van der Waals surface area contributed by atoms with Crippen molar-refractivity contribution >= 4 is 11.6 Å². The molecule has 0 amide bonds. The largest absolute Gasteiger partial charge is 0.370 e. The van der Waals surface area contributed by atoms with Crippen molar-refractivity contribution in [1.82, 2.24) is 9.78 Å². The number of ether oxygens (including phenoxy) is 1. The maximum absolute atomic E-state index is 6.29. The summed E-state index contributed by atoms with van der Waals surface area (Å²) in [6, 6.07) is 0.163. The molecule has 1 saturated carbocycles. The zero-order valence-electron chi connectivity index (χ0n) is 11.2. The highest BCUT2D eigenvalue weighted by molar-refractivity contribution is 6.31. The summed E-state index contributed by atoms with van der Waals surface area (Å²) in [5.41, 5.74) is 7.96. The van der Waals surface area contributed by atoms with E-state index in [0.29, 0.717) is 6.61 Å². The molecule has 2 atom stereocenters. The summed E-state index contributed by atoms with van der Waals surface area (Å²) in [7, 11) is 1.91. The summed E-state index contributed by atoms with van der Waals surface area (Å²) in [6.07, 6.45) is 5.54. The van der Waals surface area contributed by atoms with Gasteiger partial charge in [0.1, 0.15) is 0 Å². The van der Waals surface area contributed by atoms with Crippen LogP contribution in [0, 0.1) is 0 Å². The van der Waals surface area contributed by atoms with Gasteiger partial charge in [0.25, 0.3) is 0 Å². The predicted molar refractivity (Wildman–Crippen MR) is 72.6 cm³/mol. The van der Waals surface area contributed by atoms with Gasteiger partial charge in [0, 0.05) is 13.1 Å². The standard InChI is InChI=1S/C13H22ClN3O/c1-3-10-13(14)11(17(2)16-10)8-18-12-7-5-4-6-9(12)15/h9,12H,3-8,15H2,1-2H3. The molecule has 0 aromatic carbocycles. The van der Waals surface area contributed by atoms with E-state index in [-0.39, 0.29) is 12.1 Å². The fourth-order valence-electron chi connectivity index (χ4n) is 2.50. The fraction of sp³-hybridized carbons (Fsp3) is 0.769. The number of aryl methyl sites for hydroxylation is 2. The molecule has 1 aromatic rings. The molecule has 0 bridgehead atoms. The van der Waals surface area contributed by atoms with Gasteiger partial charge in [-0.3, -0.25) is 4.68 Å². The van der Waals surface area contributed by atoms with E-state index in [1.165, 1.54) is 12.8 Å². The first-order valence-corrected chi connectivity index (χ1v) is 7.08. The third-order valence-corrected chi connectivity index (χ3v) is 4.13. The number of hydrogen-bond donors (Lipinski definition) is 1. The van der Waals surface area contributed by atoms with E-state index in [9.17, 15) is 0 Å². The molecule has 1 heterocycles. The fourth-order valence-corrected chi connectivity index (χ4v) is 2.84. The number of nitrogens with two attached hydrogens (primary N) is 1. The SMILES string of the molecule is CCc1nn(C)c(COC2CCCCC2N)c1Cl. The summed E-state index contributed by atoms with van der Waals surface area (Å²) in [4.78, 5) is 0. The Morgan fingerprint density at radius 3 is 2.78 bits per heavy atom. The summed E-state index contributed by atoms with van der Waals surface area (Å²) < 4.78 is 7.75. The first kappa shape index (κ1) is 13.8. The molecule has 1 fully saturated rings. The van der Waals surface area contributed by atoms with E-state index < -0.39 is 0 Å². The molecule has 2 unspecified atom stereocenters. The van der Waals surface area contributed by atoms with E-state index >= 15 is 0 Å². The Hall–Kier alpha value is -0.580. The van der Waals surface area contributed by atoms with Gasteiger partial charge in [-0.2, -0.15) is 5.10 Å². The van der Waals surface area contributed by atoms with Crippen LogP contribution >= 0.6 is 11.6 Å². The minimum atomic E-state index is 0.162. The van der Waals surface area contributed by atoms with Gasteiger partial charge < -0.3 is 10.5 Å². The second-order valence-corrected chi connectivity index (χ2v) is 5.36. The van der Waals surface area contributed by atoms with Gasteiger partial charge in [-0.15, -0.1) is 0 Å². The molecule has 0 aliphatic heterocycles. The van der Waals surface area contributed by atoms with Gasteiger partial charge in [-0.1, -0.05) is 31.4 Å². The van der Waals surface area contributed by atoms with Crippen molar-refractivity contribution < 1.29 is 4.74 Å². The quantitative estimate of drug-likeness (QED) is 0.915. The lowest BCUT2D eigenvalue weighted by Crippen LogP contribution is -2.39. The summed E-state index contributed by atoms with van der Waals surface area (Å²) in [5.74, 6) is 0. The molecule has 0 radical (unpaired) electrons. The average molecular weight is 272 g/mol. The molecule has 4 nitrogen and oxygen atoms in total. The number of halogens is 1. The van der Waals surface area contributed by atoms with Gasteiger partial charge in [-0.05, 0) is 19.3 Å². The zero-order valence-corrected chi connectivity index (χ0v) is 11.9. The van der Waals surface area contributed by atoms with Crippen LogP contribution in [0.5, 0.6) is 0 Å². The molecule has 18 heavy (non-hydrogen) atoms. The maximum Gasteiger partial charge on any atom is 0.0904 e. The topological polar surface area (TPSA) is 53.1 Å². The smallest absolute Gasteiger partial charge is 0.0904 e. The molecule has 5 heteroatoms. The van der Waals surface area contributed by atoms with Gasteiger partial charge in [0.2, 0.25) is 0 Å².